The molecule has 1 N–H and O–H groups in total. The third kappa shape index (κ3) is 4.86. The van der Waals surface area contributed by atoms with Crippen molar-refractivity contribution in [3.05, 3.63) is 94.8 Å². The topological polar surface area (TPSA) is 81.7 Å². The Bertz CT molecular complexity index is 1190. The summed E-state index contributed by atoms with van der Waals surface area (Å²) in [6, 6.07) is 18.0. The fraction of sp³-hybridized carbons (Fsp3) is 0.200. The third-order valence-corrected chi connectivity index (χ3v) is 7.20. The van der Waals surface area contributed by atoms with E-state index >= 15 is 0 Å². The van der Waals surface area contributed by atoms with E-state index < -0.39 is 22.4 Å². The first-order valence-corrected chi connectivity index (χ1v) is 11.5. The van der Waals surface area contributed by atoms with Crippen molar-refractivity contribution in [2.75, 3.05) is 18.5 Å². The van der Waals surface area contributed by atoms with Gasteiger partial charge in [-0.3, -0.25) is 9.59 Å². The van der Waals surface area contributed by atoms with Gasteiger partial charge in [-0.1, -0.05) is 24.3 Å². The fourth-order valence-corrected chi connectivity index (χ4v) is 5.15. The molecule has 0 aliphatic carbocycles. The Morgan fingerprint density at radius 2 is 1.88 bits per heavy atom. The number of ether oxygens (including phenoxy) is 1. The van der Waals surface area contributed by atoms with Crippen LogP contribution in [-0.4, -0.2) is 35.7 Å². The molecule has 0 spiro atoms. The Hall–Kier alpha value is -3.36. The number of anilines is 1. The number of carbonyl (C=O) groups excluding carboxylic acids is 2. The minimum absolute atomic E-state index is 0.140. The van der Waals surface area contributed by atoms with Gasteiger partial charge in [0.05, 0.1) is 36.8 Å². The molecule has 0 saturated carbocycles. The van der Waals surface area contributed by atoms with E-state index in [-0.39, 0.29) is 18.1 Å². The molecule has 0 saturated heterocycles. The van der Waals surface area contributed by atoms with E-state index in [1.54, 1.807) is 38.4 Å². The molecular weight excluding hydrogens is 443 g/mol. The molecule has 8 heteroatoms. The van der Waals surface area contributed by atoms with Crippen LogP contribution in [0.25, 0.3) is 0 Å². The lowest BCUT2D eigenvalue weighted by molar-refractivity contribution is 0.0951. The zero-order chi connectivity index (χ0) is 23.5. The minimum atomic E-state index is -1.62. The van der Waals surface area contributed by atoms with Crippen LogP contribution < -0.4 is 14.4 Å². The van der Waals surface area contributed by atoms with E-state index in [1.165, 1.54) is 22.5 Å². The van der Waals surface area contributed by atoms with Crippen LogP contribution in [-0.2, 0) is 24.3 Å². The van der Waals surface area contributed by atoms with Crippen LogP contribution >= 0.6 is 0 Å². The molecule has 1 heterocycles. The highest BCUT2D eigenvalue weighted by atomic mass is 32.2. The standard InChI is InChI=1S/C25H23FN2O4S/c1-28-22-11-8-18(25(30)27-15-16-6-9-20(32-2)10-7-16)14-21(22)24(29)23(33(28)31)13-17-4-3-5-19(26)12-17/h3-12,14,23H,13,15H2,1-2H3,(H,27,30). The maximum absolute atomic E-state index is 13.6. The number of carbonyl (C=O) groups is 2. The first-order chi connectivity index (χ1) is 15.9. The number of hydrogen-bond acceptors (Lipinski definition) is 5. The number of nitrogens with zero attached hydrogens (tertiary/aromatic N) is 1. The number of methoxy groups -OCH3 is 1. The largest absolute Gasteiger partial charge is 0.592 e. The smallest absolute Gasteiger partial charge is 0.251 e. The molecule has 2 atom stereocenters. The van der Waals surface area contributed by atoms with Crippen molar-refractivity contribution in [1.29, 1.82) is 0 Å². The van der Waals surface area contributed by atoms with Gasteiger partial charge in [0.25, 0.3) is 5.91 Å². The summed E-state index contributed by atoms with van der Waals surface area (Å²) in [6.45, 7) is 0.319. The van der Waals surface area contributed by atoms with Gasteiger partial charge in [0.1, 0.15) is 11.6 Å². The summed E-state index contributed by atoms with van der Waals surface area (Å²) in [5.41, 5.74) is 2.66. The molecule has 0 bridgehead atoms. The molecule has 170 valence electrons. The van der Waals surface area contributed by atoms with Crippen molar-refractivity contribution in [3.63, 3.8) is 0 Å². The van der Waals surface area contributed by atoms with E-state index in [9.17, 15) is 18.5 Å². The average Bonchev–Trinajstić information content (AvgIpc) is 2.83. The highest BCUT2D eigenvalue weighted by Gasteiger charge is 2.42. The van der Waals surface area contributed by atoms with Gasteiger partial charge >= 0.3 is 0 Å². The molecular formula is C25H23FN2O4S. The highest BCUT2D eigenvalue weighted by molar-refractivity contribution is 7.94. The maximum Gasteiger partial charge on any atom is 0.251 e. The fourth-order valence-electron chi connectivity index (χ4n) is 3.77. The Labute approximate surface area is 194 Å². The Balaban J connectivity index is 1.53. The molecule has 1 aliphatic heterocycles. The predicted octanol–water partition coefficient (Wildman–Crippen LogP) is 3.67. The van der Waals surface area contributed by atoms with Gasteiger partial charge in [-0.25, -0.2) is 4.39 Å². The van der Waals surface area contributed by atoms with Crippen molar-refractivity contribution in [2.24, 2.45) is 0 Å². The van der Waals surface area contributed by atoms with Gasteiger partial charge in [-0.15, -0.1) is 0 Å². The van der Waals surface area contributed by atoms with E-state index in [0.717, 1.165) is 11.3 Å². The van der Waals surface area contributed by atoms with Crippen LogP contribution in [0.5, 0.6) is 5.75 Å². The van der Waals surface area contributed by atoms with E-state index in [2.05, 4.69) is 5.32 Å². The molecule has 3 aromatic carbocycles. The minimum Gasteiger partial charge on any atom is -0.592 e. The lowest BCUT2D eigenvalue weighted by Gasteiger charge is -2.33. The van der Waals surface area contributed by atoms with E-state index in [0.29, 0.717) is 28.9 Å². The molecule has 1 amide bonds. The second-order valence-corrected chi connectivity index (χ2v) is 9.39. The van der Waals surface area contributed by atoms with Crippen molar-refractivity contribution in [1.82, 2.24) is 5.32 Å². The van der Waals surface area contributed by atoms with Crippen molar-refractivity contribution in [3.8, 4) is 5.75 Å². The number of hydrogen-bond donors (Lipinski definition) is 1. The third-order valence-electron chi connectivity index (χ3n) is 5.59. The van der Waals surface area contributed by atoms with Crippen LogP contribution in [0.3, 0.4) is 0 Å². The molecule has 1 aliphatic rings. The van der Waals surface area contributed by atoms with Crippen molar-refractivity contribution >= 4 is 28.7 Å². The summed E-state index contributed by atoms with van der Waals surface area (Å²) in [6.07, 6.45) is 0.140. The number of amides is 1. The number of Topliss-reactive ketones (excluding diaryl/α,β-unsaturated/α-hetero) is 1. The van der Waals surface area contributed by atoms with Gasteiger partial charge in [-0.05, 0) is 53.6 Å². The number of nitrogens with one attached hydrogen (secondary N) is 1. The summed E-state index contributed by atoms with van der Waals surface area (Å²) in [7, 11) is 3.23. The van der Waals surface area contributed by atoms with Crippen molar-refractivity contribution in [2.45, 2.75) is 18.2 Å². The summed E-state index contributed by atoms with van der Waals surface area (Å²) in [4.78, 5) is 25.9. The Morgan fingerprint density at radius 1 is 1.12 bits per heavy atom. The van der Waals surface area contributed by atoms with Gasteiger partial charge in [0.15, 0.2) is 0 Å². The zero-order valence-electron chi connectivity index (χ0n) is 18.2. The SMILES string of the molecule is COc1ccc(CNC(=O)c2ccc3c(c2)C(=O)C(Cc2cccc(F)c2)[S+]([O-])N3C)cc1. The first-order valence-electron chi connectivity index (χ1n) is 10.4. The van der Waals surface area contributed by atoms with E-state index in [1.807, 2.05) is 24.3 Å². The Morgan fingerprint density at radius 3 is 2.58 bits per heavy atom. The molecule has 4 rings (SSSR count). The quantitative estimate of drug-likeness (QED) is 0.561. The van der Waals surface area contributed by atoms with Crippen LogP contribution in [0, 0.1) is 5.82 Å². The number of fused-ring (bicyclic) bond motifs is 1. The molecule has 0 fully saturated rings. The first kappa shape index (κ1) is 22.8. The molecule has 0 radical (unpaired) electrons. The normalized spacial score (nSPS) is 17.5. The molecule has 33 heavy (non-hydrogen) atoms. The molecule has 2 unspecified atom stereocenters. The summed E-state index contributed by atoms with van der Waals surface area (Å²) >= 11 is -1.62. The molecule has 0 aromatic heterocycles. The maximum atomic E-state index is 13.6. The van der Waals surface area contributed by atoms with Crippen LogP contribution in [0.2, 0.25) is 0 Å². The van der Waals surface area contributed by atoms with Crippen molar-refractivity contribution < 1.29 is 23.3 Å². The lowest BCUT2D eigenvalue weighted by Crippen LogP contribution is -2.47. The lowest BCUT2D eigenvalue weighted by atomic mass is 9.98. The summed E-state index contributed by atoms with van der Waals surface area (Å²) < 4.78 is 33.2. The highest BCUT2D eigenvalue weighted by Crippen LogP contribution is 2.34. The second-order valence-electron chi connectivity index (χ2n) is 7.72. The van der Waals surface area contributed by atoms with Crippen LogP contribution in [0.4, 0.5) is 10.1 Å². The number of halogens is 1. The number of benzene rings is 3. The Kier molecular flexibility index (Phi) is 6.67. The van der Waals surface area contributed by atoms with Gasteiger partial charge in [0.2, 0.25) is 11.0 Å². The zero-order valence-corrected chi connectivity index (χ0v) is 19.0. The molecule has 3 aromatic rings. The number of rotatable bonds is 6. The van der Waals surface area contributed by atoms with Crippen LogP contribution in [0.1, 0.15) is 31.8 Å². The summed E-state index contributed by atoms with van der Waals surface area (Å²) in [5.74, 6) is -0.327. The average molecular weight is 467 g/mol. The van der Waals surface area contributed by atoms with Gasteiger partial charge in [-0.2, -0.15) is 4.31 Å². The second kappa shape index (κ2) is 9.64. The van der Waals surface area contributed by atoms with Crippen LogP contribution in [0.15, 0.2) is 66.7 Å². The predicted molar refractivity (Wildman–Crippen MR) is 125 cm³/mol. The van der Waals surface area contributed by atoms with E-state index in [4.69, 9.17) is 4.74 Å². The van der Waals surface area contributed by atoms with Gasteiger partial charge in [0, 0.05) is 18.5 Å². The molecule has 6 nitrogen and oxygen atoms in total. The van der Waals surface area contributed by atoms with Gasteiger partial charge < -0.3 is 14.6 Å². The number of ketones is 1. The monoisotopic (exact) mass is 466 g/mol. The summed E-state index contributed by atoms with van der Waals surface area (Å²) in [5, 5.41) is 1.99.